The van der Waals surface area contributed by atoms with Crippen LogP contribution in [0.15, 0.2) is 24.3 Å². The zero-order valence-corrected chi connectivity index (χ0v) is 14.3. The minimum Gasteiger partial charge on any atom is -0.489 e. The number of carboxylic acid groups (broad SMARTS) is 1. The van der Waals surface area contributed by atoms with Crippen molar-refractivity contribution in [3.05, 3.63) is 24.3 Å². The Bertz CT molecular complexity index is 590. The lowest BCUT2D eigenvalue weighted by Gasteiger charge is -2.09. The lowest BCUT2D eigenvalue weighted by Crippen LogP contribution is -2.17. The molecule has 0 unspecified atom stereocenters. The van der Waals surface area contributed by atoms with Crippen molar-refractivity contribution < 1.29 is 38.4 Å². The summed E-state index contributed by atoms with van der Waals surface area (Å²) in [6.07, 6.45) is -0.639. The number of carbonyl (C=O) groups is 3. The average molecular weight is 369 g/mol. The molecule has 9 nitrogen and oxygen atoms in total. The number of rotatable bonds is 14. The molecule has 3 N–H and O–H groups in total. The number of ether oxygens (including phenoxy) is 4. The summed E-state index contributed by atoms with van der Waals surface area (Å²) in [4.78, 5) is 32.3. The molecule has 144 valence electrons. The van der Waals surface area contributed by atoms with E-state index in [1.807, 2.05) is 12.1 Å². The lowest BCUT2D eigenvalue weighted by molar-refractivity contribution is -0.151. The Kier molecular flexibility index (Phi) is 10.4. The molecule has 1 rings (SSSR count). The number of hydrogen-bond acceptors (Lipinski definition) is 8. The first kappa shape index (κ1) is 21.4. The van der Waals surface area contributed by atoms with Crippen molar-refractivity contribution in [2.45, 2.75) is 12.8 Å². The number of ketones is 1. The second-order valence-electron chi connectivity index (χ2n) is 5.06. The molecule has 1 aromatic carbocycles. The SMILES string of the molecule is Nc1ccccc1OCCOCCOCCOC(=O)CCC(=O)C(=O)O. The Morgan fingerprint density at radius 2 is 1.50 bits per heavy atom. The molecule has 0 aliphatic heterocycles. The van der Waals surface area contributed by atoms with E-state index in [4.69, 9.17) is 29.8 Å². The molecule has 0 bridgehead atoms. The van der Waals surface area contributed by atoms with Gasteiger partial charge in [-0.25, -0.2) is 4.79 Å². The zero-order valence-electron chi connectivity index (χ0n) is 14.3. The molecule has 0 radical (unpaired) electrons. The first-order chi connectivity index (χ1) is 12.5. The van der Waals surface area contributed by atoms with E-state index in [0.717, 1.165) is 0 Å². The van der Waals surface area contributed by atoms with Gasteiger partial charge in [0.2, 0.25) is 5.78 Å². The van der Waals surface area contributed by atoms with Gasteiger partial charge in [-0.3, -0.25) is 9.59 Å². The maximum atomic E-state index is 11.2. The van der Waals surface area contributed by atoms with Crippen LogP contribution in [0.3, 0.4) is 0 Å². The minimum absolute atomic E-state index is 0.0243. The smallest absolute Gasteiger partial charge is 0.372 e. The molecule has 0 amide bonds. The molecular formula is C17H23NO8. The van der Waals surface area contributed by atoms with Gasteiger partial charge in [0.15, 0.2) is 0 Å². The molecule has 0 aliphatic rings. The van der Waals surface area contributed by atoms with E-state index >= 15 is 0 Å². The van der Waals surface area contributed by atoms with Crippen molar-refractivity contribution >= 4 is 23.4 Å². The summed E-state index contributed by atoms with van der Waals surface area (Å²) in [5.41, 5.74) is 6.30. The van der Waals surface area contributed by atoms with E-state index in [1.54, 1.807) is 12.1 Å². The van der Waals surface area contributed by atoms with Crippen LogP contribution in [-0.2, 0) is 28.6 Å². The molecule has 0 saturated heterocycles. The molecule has 9 heteroatoms. The van der Waals surface area contributed by atoms with Crippen molar-refractivity contribution in [3.63, 3.8) is 0 Å². The molecule has 0 saturated carbocycles. The van der Waals surface area contributed by atoms with Crippen molar-refractivity contribution in [1.82, 2.24) is 0 Å². The Morgan fingerprint density at radius 3 is 2.15 bits per heavy atom. The van der Waals surface area contributed by atoms with Crippen molar-refractivity contribution in [2.75, 3.05) is 45.4 Å². The molecule has 0 heterocycles. The van der Waals surface area contributed by atoms with Crippen LogP contribution >= 0.6 is 0 Å². The van der Waals surface area contributed by atoms with E-state index in [2.05, 4.69) is 0 Å². The van der Waals surface area contributed by atoms with E-state index in [-0.39, 0.29) is 26.1 Å². The quantitative estimate of drug-likeness (QED) is 0.210. The summed E-state index contributed by atoms with van der Waals surface area (Å²) in [5.74, 6) is -2.61. The van der Waals surface area contributed by atoms with Gasteiger partial charge in [-0.2, -0.15) is 0 Å². The predicted molar refractivity (Wildman–Crippen MR) is 90.8 cm³/mol. The Balaban J connectivity index is 1.90. The highest BCUT2D eigenvalue weighted by Gasteiger charge is 2.14. The summed E-state index contributed by atoms with van der Waals surface area (Å²) >= 11 is 0. The maximum Gasteiger partial charge on any atom is 0.372 e. The summed E-state index contributed by atoms with van der Waals surface area (Å²) < 4.78 is 20.8. The maximum absolute atomic E-state index is 11.2. The second-order valence-corrected chi connectivity index (χ2v) is 5.06. The number of carboxylic acids is 1. The van der Waals surface area contributed by atoms with Crippen LogP contribution in [0.4, 0.5) is 5.69 Å². The number of esters is 1. The van der Waals surface area contributed by atoms with Gasteiger partial charge >= 0.3 is 11.9 Å². The Morgan fingerprint density at radius 1 is 0.885 bits per heavy atom. The van der Waals surface area contributed by atoms with Crippen molar-refractivity contribution in [1.29, 1.82) is 0 Å². The van der Waals surface area contributed by atoms with Gasteiger partial charge in [0, 0.05) is 6.42 Å². The topological polar surface area (TPSA) is 134 Å². The highest BCUT2D eigenvalue weighted by molar-refractivity contribution is 6.32. The molecule has 26 heavy (non-hydrogen) atoms. The average Bonchev–Trinajstić information content (AvgIpc) is 2.62. The number of aliphatic carboxylic acids is 1. The molecular weight excluding hydrogens is 346 g/mol. The second kappa shape index (κ2) is 12.7. The highest BCUT2D eigenvalue weighted by Crippen LogP contribution is 2.19. The summed E-state index contributed by atoms with van der Waals surface area (Å²) in [5, 5.41) is 8.37. The van der Waals surface area contributed by atoms with Crippen molar-refractivity contribution in [2.24, 2.45) is 0 Å². The molecule has 0 atom stereocenters. The predicted octanol–water partition coefficient (Wildman–Crippen LogP) is 0.658. The lowest BCUT2D eigenvalue weighted by atomic mass is 10.2. The minimum atomic E-state index is -1.56. The first-order valence-electron chi connectivity index (χ1n) is 8.05. The van der Waals surface area contributed by atoms with Crippen LogP contribution in [0.25, 0.3) is 0 Å². The normalized spacial score (nSPS) is 10.3. The Labute approximate surface area is 151 Å². The first-order valence-corrected chi connectivity index (χ1v) is 8.05. The van der Waals surface area contributed by atoms with Gasteiger partial charge in [0.1, 0.15) is 19.0 Å². The van der Waals surface area contributed by atoms with E-state index in [1.165, 1.54) is 0 Å². The highest BCUT2D eigenvalue weighted by atomic mass is 16.6. The third-order valence-corrected chi connectivity index (χ3v) is 3.06. The van der Waals surface area contributed by atoms with Crippen LogP contribution in [0.1, 0.15) is 12.8 Å². The summed E-state index contributed by atoms with van der Waals surface area (Å²) in [7, 11) is 0. The van der Waals surface area contributed by atoms with Crippen LogP contribution in [0.2, 0.25) is 0 Å². The molecule has 0 spiro atoms. The molecule has 0 fully saturated rings. The third-order valence-electron chi connectivity index (χ3n) is 3.06. The van der Waals surface area contributed by atoms with Crippen LogP contribution in [0.5, 0.6) is 5.75 Å². The monoisotopic (exact) mass is 369 g/mol. The van der Waals surface area contributed by atoms with Gasteiger partial charge in [-0.1, -0.05) is 12.1 Å². The number of anilines is 1. The fourth-order valence-corrected chi connectivity index (χ4v) is 1.75. The van der Waals surface area contributed by atoms with Crippen molar-refractivity contribution in [3.8, 4) is 5.75 Å². The molecule has 1 aromatic rings. The number of para-hydroxylation sites is 2. The molecule has 0 aromatic heterocycles. The van der Waals surface area contributed by atoms with Gasteiger partial charge in [0.05, 0.1) is 38.5 Å². The van der Waals surface area contributed by atoms with Crippen LogP contribution in [0, 0.1) is 0 Å². The van der Waals surface area contributed by atoms with Gasteiger partial charge in [0.25, 0.3) is 0 Å². The fourth-order valence-electron chi connectivity index (χ4n) is 1.75. The zero-order chi connectivity index (χ0) is 19.2. The number of hydrogen-bond donors (Lipinski definition) is 2. The molecule has 0 aliphatic carbocycles. The van der Waals surface area contributed by atoms with Gasteiger partial charge < -0.3 is 29.8 Å². The standard InChI is InChI=1S/C17H23NO8/c18-13-3-1-2-4-15(13)25-11-9-23-7-8-24-10-12-26-16(20)6-5-14(19)17(21)22/h1-4H,5-12,18H2,(H,21,22). The van der Waals surface area contributed by atoms with E-state index in [9.17, 15) is 14.4 Å². The number of nitrogen functional groups attached to an aromatic ring is 1. The number of carbonyl (C=O) groups excluding carboxylic acids is 2. The van der Waals surface area contributed by atoms with E-state index < -0.39 is 17.7 Å². The summed E-state index contributed by atoms with van der Waals surface area (Å²) in [6, 6.07) is 7.18. The largest absolute Gasteiger partial charge is 0.489 e. The summed E-state index contributed by atoms with van der Waals surface area (Å²) in [6.45, 7) is 1.62. The van der Waals surface area contributed by atoms with Crippen LogP contribution < -0.4 is 10.5 Å². The van der Waals surface area contributed by atoms with Crippen LogP contribution in [-0.4, -0.2) is 62.5 Å². The van der Waals surface area contributed by atoms with Gasteiger partial charge in [-0.15, -0.1) is 0 Å². The number of benzene rings is 1. The number of Topliss-reactive ketones (excluding diaryl/α,β-unsaturated/α-hetero) is 1. The Hall–Kier alpha value is -2.65. The fraction of sp³-hybridized carbons (Fsp3) is 0.471. The van der Waals surface area contributed by atoms with E-state index in [0.29, 0.717) is 37.9 Å². The number of nitrogens with two attached hydrogens (primary N) is 1. The third kappa shape index (κ3) is 9.60. The van der Waals surface area contributed by atoms with Gasteiger partial charge in [-0.05, 0) is 12.1 Å².